The SMILES string of the molecule is O=C1CC(C(=O)NCc2ccc(F)cc2C(F)(F)F)c2ccc(F)cc2N1. The quantitative estimate of drug-likeness (QED) is 0.793. The summed E-state index contributed by atoms with van der Waals surface area (Å²) in [5.74, 6) is -3.81. The molecule has 0 saturated heterocycles. The van der Waals surface area contributed by atoms with E-state index in [-0.39, 0.29) is 17.7 Å². The molecule has 0 aromatic heterocycles. The summed E-state index contributed by atoms with van der Waals surface area (Å²) in [6.45, 7) is -0.497. The zero-order valence-electron chi connectivity index (χ0n) is 13.7. The van der Waals surface area contributed by atoms with Crippen LogP contribution < -0.4 is 10.6 Å². The lowest BCUT2D eigenvalue weighted by Crippen LogP contribution is -2.35. The molecule has 3 rings (SSSR count). The van der Waals surface area contributed by atoms with Crippen molar-refractivity contribution >= 4 is 17.5 Å². The Morgan fingerprint density at radius 3 is 2.48 bits per heavy atom. The minimum atomic E-state index is -4.78. The summed E-state index contributed by atoms with van der Waals surface area (Å²) in [6, 6.07) is 5.69. The van der Waals surface area contributed by atoms with Crippen LogP contribution in [-0.2, 0) is 22.3 Å². The highest BCUT2D eigenvalue weighted by Gasteiger charge is 2.35. The number of carbonyl (C=O) groups is 2. The van der Waals surface area contributed by atoms with Gasteiger partial charge in [-0.1, -0.05) is 12.1 Å². The van der Waals surface area contributed by atoms with Gasteiger partial charge in [0.1, 0.15) is 11.6 Å². The van der Waals surface area contributed by atoms with E-state index in [2.05, 4.69) is 10.6 Å². The van der Waals surface area contributed by atoms with E-state index in [9.17, 15) is 31.5 Å². The van der Waals surface area contributed by atoms with E-state index in [0.717, 1.165) is 24.3 Å². The van der Waals surface area contributed by atoms with E-state index in [1.807, 2.05) is 0 Å². The molecule has 1 atom stereocenters. The molecule has 1 aliphatic heterocycles. The molecule has 4 nitrogen and oxygen atoms in total. The Labute approximate surface area is 150 Å². The number of fused-ring (bicyclic) bond motifs is 1. The molecule has 9 heteroatoms. The molecule has 0 fully saturated rings. The lowest BCUT2D eigenvalue weighted by atomic mass is 9.89. The number of benzene rings is 2. The molecule has 27 heavy (non-hydrogen) atoms. The average molecular weight is 384 g/mol. The zero-order chi connectivity index (χ0) is 19.8. The first-order valence-corrected chi connectivity index (χ1v) is 7.88. The van der Waals surface area contributed by atoms with Gasteiger partial charge in [0.15, 0.2) is 0 Å². The molecule has 1 unspecified atom stereocenters. The van der Waals surface area contributed by atoms with Crippen molar-refractivity contribution in [1.29, 1.82) is 0 Å². The van der Waals surface area contributed by atoms with E-state index in [0.29, 0.717) is 11.6 Å². The van der Waals surface area contributed by atoms with E-state index in [1.165, 1.54) is 6.07 Å². The van der Waals surface area contributed by atoms with Gasteiger partial charge in [-0.2, -0.15) is 13.2 Å². The van der Waals surface area contributed by atoms with Crippen molar-refractivity contribution in [2.75, 3.05) is 5.32 Å². The van der Waals surface area contributed by atoms with Gasteiger partial charge in [0, 0.05) is 18.7 Å². The van der Waals surface area contributed by atoms with Crippen molar-refractivity contribution in [3.05, 3.63) is 64.7 Å². The molecule has 1 heterocycles. The highest BCUT2D eigenvalue weighted by Crippen LogP contribution is 2.34. The third-order valence-corrected chi connectivity index (χ3v) is 4.20. The predicted molar refractivity (Wildman–Crippen MR) is 85.6 cm³/mol. The maximum atomic E-state index is 13.3. The van der Waals surface area contributed by atoms with Crippen molar-refractivity contribution < 1.29 is 31.5 Å². The second kappa shape index (κ2) is 6.98. The Kier molecular flexibility index (Phi) is 4.86. The number of amides is 2. The largest absolute Gasteiger partial charge is 0.416 e. The van der Waals surface area contributed by atoms with Crippen LogP contribution in [0.3, 0.4) is 0 Å². The van der Waals surface area contributed by atoms with Crippen LogP contribution >= 0.6 is 0 Å². The summed E-state index contributed by atoms with van der Waals surface area (Å²) in [5, 5.41) is 4.79. The van der Waals surface area contributed by atoms with Crippen LogP contribution in [0.5, 0.6) is 0 Å². The van der Waals surface area contributed by atoms with E-state index < -0.39 is 47.7 Å². The Balaban J connectivity index is 1.81. The first-order valence-electron chi connectivity index (χ1n) is 7.88. The van der Waals surface area contributed by atoms with Crippen molar-refractivity contribution in [2.24, 2.45) is 0 Å². The summed E-state index contributed by atoms with van der Waals surface area (Å²) in [6.07, 6.45) is -5.00. The summed E-state index contributed by atoms with van der Waals surface area (Å²) in [5.41, 5.74) is -0.990. The topological polar surface area (TPSA) is 58.2 Å². The molecule has 2 aromatic carbocycles. The van der Waals surface area contributed by atoms with Gasteiger partial charge in [-0.3, -0.25) is 9.59 Å². The third kappa shape index (κ3) is 4.07. The highest BCUT2D eigenvalue weighted by molar-refractivity contribution is 6.01. The zero-order valence-corrected chi connectivity index (χ0v) is 13.7. The fourth-order valence-corrected chi connectivity index (χ4v) is 2.94. The maximum absolute atomic E-state index is 13.3. The summed E-state index contributed by atoms with van der Waals surface area (Å²) in [7, 11) is 0. The number of anilines is 1. The van der Waals surface area contributed by atoms with Gasteiger partial charge in [0.25, 0.3) is 0 Å². The molecule has 0 radical (unpaired) electrons. The van der Waals surface area contributed by atoms with Gasteiger partial charge in [0.2, 0.25) is 11.8 Å². The fourth-order valence-electron chi connectivity index (χ4n) is 2.94. The molecule has 0 spiro atoms. The van der Waals surface area contributed by atoms with Crippen LogP contribution in [0.15, 0.2) is 36.4 Å². The lowest BCUT2D eigenvalue weighted by molar-refractivity contribution is -0.138. The van der Waals surface area contributed by atoms with E-state index in [4.69, 9.17) is 0 Å². The van der Waals surface area contributed by atoms with Gasteiger partial charge >= 0.3 is 6.18 Å². The van der Waals surface area contributed by atoms with Gasteiger partial charge in [0.05, 0.1) is 11.5 Å². The number of nitrogens with one attached hydrogen (secondary N) is 2. The number of alkyl halides is 3. The third-order valence-electron chi connectivity index (χ3n) is 4.20. The number of halogens is 5. The van der Waals surface area contributed by atoms with Crippen LogP contribution in [0, 0.1) is 11.6 Å². The molecule has 142 valence electrons. The second-order valence-corrected chi connectivity index (χ2v) is 6.05. The Hall–Kier alpha value is -2.97. The molecule has 0 aliphatic carbocycles. The van der Waals surface area contributed by atoms with Gasteiger partial charge in [-0.25, -0.2) is 8.78 Å². The molecule has 2 amide bonds. The van der Waals surface area contributed by atoms with Crippen LogP contribution in [-0.4, -0.2) is 11.8 Å². The lowest BCUT2D eigenvalue weighted by Gasteiger charge is -2.25. The Morgan fingerprint density at radius 2 is 1.78 bits per heavy atom. The van der Waals surface area contributed by atoms with Crippen molar-refractivity contribution in [1.82, 2.24) is 5.32 Å². The molecule has 0 saturated carbocycles. The molecular formula is C18H13F5N2O2. The molecule has 0 bridgehead atoms. The Bertz CT molecular complexity index is 911. The number of hydrogen-bond acceptors (Lipinski definition) is 2. The van der Waals surface area contributed by atoms with Crippen molar-refractivity contribution in [3.8, 4) is 0 Å². The molecule has 2 aromatic rings. The number of carbonyl (C=O) groups excluding carboxylic acids is 2. The summed E-state index contributed by atoms with van der Waals surface area (Å²) < 4.78 is 65.5. The van der Waals surface area contributed by atoms with Gasteiger partial charge < -0.3 is 10.6 Å². The Morgan fingerprint density at radius 1 is 1.11 bits per heavy atom. The number of hydrogen-bond donors (Lipinski definition) is 2. The molecule has 1 aliphatic rings. The first kappa shape index (κ1) is 18.8. The van der Waals surface area contributed by atoms with Crippen LogP contribution in [0.2, 0.25) is 0 Å². The first-order chi connectivity index (χ1) is 12.6. The summed E-state index contributed by atoms with van der Waals surface area (Å²) >= 11 is 0. The maximum Gasteiger partial charge on any atom is 0.416 e. The van der Waals surface area contributed by atoms with Crippen LogP contribution in [0.4, 0.5) is 27.6 Å². The smallest absolute Gasteiger partial charge is 0.351 e. The van der Waals surface area contributed by atoms with Crippen LogP contribution in [0.1, 0.15) is 29.0 Å². The highest BCUT2D eigenvalue weighted by atomic mass is 19.4. The summed E-state index contributed by atoms with van der Waals surface area (Å²) in [4.78, 5) is 24.2. The average Bonchev–Trinajstić information content (AvgIpc) is 2.58. The van der Waals surface area contributed by atoms with E-state index >= 15 is 0 Å². The fraction of sp³-hybridized carbons (Fsp3) is 0.222. The van der Waals surface area contributed by atoms with Gasteiger partial charge in [-0.05, 0) is 35.4 Å². The van der Waals surface area contributed by atoms with Crippen molar-refractivity contribution in [2.45, 2.75) is 25.1 Å². The minimum absolute atomic E-state index is 0.143. The standard InChI is InChI=1S/C18H13F5N2O2/c19-10-2-1-9(14(5-10)18(21,22)23)8-24-17(27)13-7-16(26)25-15-6-11(20)3-4-12(13)15/h1-6,13H,7-8H2,(H,24,27)(H,25,26). The normalized spacial score (nSPS) is 16.5. The number of rotatable bonds is 3. The van der Waals surface area contributed by atoms with Gasteiger partial charge in [-0.15, -0.1) is 0 Å². The van der Waals surface area contributed by atoms with Crippen molar-refractivity contribution in [3.63, 3.8) is 0 Å². The minimum Gasteiger partial charge on any atom is -0.351 e. The second-order valence-electron chi connectivity index (χ2n) is 6.05. The monoisotopic (exact) mass is 384 g/mol. The van der Waals surface area contributed by atoms with Crippen LogP contribution in [0.25, 0.3) is 0 Å². The molecular weight excluding hydrogens is 371 g/mol. The predicted octanol–water partition coefficient (Wildman–Crippen LogP) is 3.73. The molecule has 2 N–H and O–H groups in total. The van der Waals surface area contributed by atoms with E-state index in [1.54, 1.807) is 0 Å².